The molecule has 1 aromatic rings. The maximum absolute atomic E-state index is 12.3. The van der Waals surface area contributed by atoms with Crippen LogP contribution in [0.15, 0.2) is 6.33 Å². The molecule has 0 aliphatic carbocycles. The summed E-state index contributed by atoms with van der Waals surface area (Å²) >= 11 is 0. The fourth-order valence-electron chi connectivity index (χ4n) is 1.82. The average molecular weight is 276 g/mol. The molecule has 1 heterocycles. The van der Waals surface area contributed by atoms with Gasteiger partial charge in [0.25, 0.3) is 0 Å². The molecule has 108 valence electrons. The average Bonchev–Trinajstić information content (AvgIpc) is 2.33. The van der Waals surface area contributed by atoms with E-state index in [2.05, 4.69) is 15.3 Å². The van der Waals surface area contributed by atoms with Gasteiger partial charge in [0.1, 0.15) is 18.0 Å². The van der Waals surface area contributed by atoms with Crippen LogP contribution in [0.25, 0.3) is 0 Å². The van der Waals surface area contributed by atoms with E-state index in [1.54, 1.807) is 14.1 Å². The third-order valence-corrected chi connectivity index (χ3v) is 2.77. The monoisotopic (exact) mass is 276 g/mol. The third kappa shape index (κ3) is 4.25. The molecule has 1 N–H and O–H groups in total. The van der Waals surface area contributed by atoms with E-state index in [1.165, 1.54) is 11.2 Å². The number of hydrogen-bond acceptors (Lipinski definition) is 4. The molecule has 19 heavy (non-hydrogen) atoms. The lowest BCUT2D eigenvalue weighted by molar-refractivity contribution is -0.132. The van der Waals surface area contributed by atoms with E-state index < -0.39 is 12.6 Å². The molecule has 0 bridgehead atoms. The second-order valence-electron chi connectivity index (χ2n) is 4.65. The first-order chi connectivity index (χ1) is 8.76. The summed E-state index contributed by atoms with van der Waals surface area (Å²) in [6, 6.07) is 0. The van der Waals surface area contributed by atoms with E-state index in [0.717, 1.165) is 5.56 Å². The van der Waals surface area contributed by atoms with E-state index in [-0.39, 0.29) is 12.5 Å². The first-order valence-corrected chi connectivity index (χ1v) is 6.06. The van der Waals surface area contributed by atoms with Crippen LogP contribution in [0.5, 0.6) is 0 Å². The molecule has 0 saturated carbocycles. The molecule has 0 saturated heterocycles. The zero-order valence-corrected chi connectivity index (χ0v) is 11.5. The Balaban J connectivity index is 2.99. The molecule has 0 fully saturated rings. The summed E-state index contributed by atoms with van der Waals surface area (Å²) < 4.78 is 36.8. The van der Waals surface area contributed by atoms with Crippen molar-refractivity contribution in [2.75, 3.05) is 30.9 Å². The Labute approximate surface area is 111 Å². The highest BCUT2D eigenvalue weighted by Gasteiger charge is 2.28. The van der Waals surface area contributed by atoms with Gasteiger partial charge in [-0.3, -0.25) is 0 Å². The van der Waals surface area contributed by atoms with Gasteiger partial charge in [0.2, 0.25) is 0 Å². The van der Waals surface area contributed by atoms with Crippen molar-refractivity contribution in [1.29, 1.82) is 0 Å². The zero-order valence-electron chi connectivity index (χ0n) is 11.5. The van der Waals surface area contributed by atoms with Gasteiger partial charge in [0.15, 0.2) is 0 Å². The molecule has 0 amide bonds. The fourth-order valence-corrected chi connectivity index (χ4v) is 1.82. The van der Waals surface area contributed by atoms with Crippen LogP contribution in [-0.4, -0.2) is 36.8 Å². The molecule has 0 aliphatic heterocycles. The Hall–Kier alpha value is -1.53. The van der Waals surface area contributed by atoms with Gasteiger partial charge in [-0.2, -0.15) is 13.2 Å². The Morgan fingerprint density at radius 2 is 1.95 bits per heavy atom. The van der Waals surface area contributed by atoms with Crippen LogP contribution < -0.4 is 10.2 Å². The van der Waals surface area contributed by atoms with Gasteiger partial charge in [-0.05, 0) is 5.92 Å². The number of anilines is 2. The van der Waals surface area contributed by atoms with Crippen molar-refractivity contribution >= 4 is 11.6 Å². The lowest BCUT2D eigenvalue weighted by Crippen LogP contribution is -2.26. The maximum Gasteiger partial charge on any atom is 0.390 e. The molecule has 0 aliphatic rings. The minimum Gasteiger partial charge on any atom is -0.373 e. The SMILES string of the molecule is CNc1ncnc(N(C)CCC(F)(F)F)c1C(C)C. The standard InChI is InChI=1S/C12H19F3N4/c1-8(2)9-10(16-3)17-7-18-11(9)19(4)6-5-12(13,14)15/h7-8H,5-6H2,1-4H3,(H,16,17,18). The lowest BCUT2D eigenvalue weighted by Gasteiger charge is -2.24. The summed E-state index contributed by atoms with van der Waals surface area (Å²) in [4.78, 5) is 9.74. The fraction of sp³-hybridized carbons (Fsp3) is 0.667. The second-order valence-corrected chi connectivity index (χ2v) is 4.65. The molecule has 1 aromatic heterocycles. The Kier molecular flexibility index (Phi) is 4.97. The molecule has 4 nitrogen and oxygen atoms in total. The second kappa shape index (κ2) is 6.08. The van der Waals surface area contributed by atoms with Crippen molar-refractivity contribution in [3.63, 3.8) is 0 Å². The molecule has 0 spiro atoms. The van der Waals surface area contributed by atoms with Crippen molar-refractivity contribution in [2.45, 2.75) is 32.4 Å². The zero-order chi connectivity index (χ0) is 14.6. The van der Waals surface area contributed by atoms with Crippen LogP contribution in [0.4, 0.5) is 24.8 Å². The number of rotatable bonds is 5. The van der Waals surface area contributed by atoms with Crippen molar-refractivity contribution in [2.24, 2.45) is 0 Å². The number of aromatic nitrogens is 2. The van der Waals surface area contributed by atoms with Gasteiger partial charge >= 0.3 is 6.18 Å². The summed E-state index contributed by atoms with van der Waals surface area (Å²) in [6.07, 6.45) is -3.66. The summed E-state index contributed by atoms with van der Waals surface area (Å²) in [7, 11) is 3.34. The molecule has 0 radical (unpaired) electrons. The third-order valence-electron chi connectivity index (χ3n) is 2.77. The summed E-state index contributed by atoms with van der Waals surface area (Å²) in [5, 5.41) is 2.94. The number of nitrogens with zero attached hydrogens (tertiary/aromatic N) is 3. The van der Waals surface area contributed by atoms with E-state index in [0.29, 0.717) is 11.6 Å². The molecular weight excluding hydrogens is 257 g/mol. The van der Waals surface area contributed by atoms with Gasteiger partial charge in [-0.15, -0.1) is 0 Å². The van der Waals surface area contributed by atoms with E-state index >= 15 is 0 Å². The van der Waals surface area contributed by atoms with Gasteiger partial charge in [0, 0.05) is 26.2 Å². The molecular formula is C12H19F3N4. The Morgan fingerprint density at radius 3 is 2.42 bits per heavy atom. The van der Waals surface area contributed by atoms with Gasteiger partial charge in [0.05, 0.1) is 6.42 Å². The summed E-state index contributed by atoms with van der Waals surface area (Å²) in [5.74, 6) is 1.31. The minimum absolute atomic E-state index is 0.118. The van der Waals surface area contributed by atoms with E-state index in [9.17, 15) is 13.2 Å². The number of nitrogens with one attached hydrogen (secondary N) is 1. The number of alkyl halides is 3. The van der Waals surface area contributed by atoms with Crippen molar-refractivity contribution in [3.05, 3.63) is 11.9 Å². The number of hydrogen-bond donors (Lipinski definition) is 1. The van der Waals surface area contributed by atoms with Gasteiger partial charge < -0.3 is 10.2 Å². The molecule has 1 rings (SSSR count). The topological polar surface area (TPSA) is 41.1 Å². The lowest BCUT2D eigenvalue weighted by atomic mass is 10.0. The van der Waals surface area contributed by atoms with E-state index in [4.69, 9.17) is 0 Å². The summed E-state index contributed by atoms with van der Waals surface area (Å²) in [6.45, 7) is 3.80. The Bertz CT molecular complexity index is 418. The van der Waals surface area contributed by atoms with Crippen LogP contribution in [0, 0.1) is 0 Å². The van der Waals surface area contributed by atoms with Crippen LogP contribution >= 0.6 is 0 Å². The van der Waals surface area contributed by atoms with Crippen molar-refractivity contribution < 1.29 is 13.2 Å². The molecule has 0 unspecified atom stereocenters. The normalized spacial score (nSPS) is 11.8. The van der Waals surface area contributed by atoms with E-state index in [1.807, 2.05) is 13.8 Å². The summed E-state index contributed by atoms with van der Waals surface area (Å²) in [5.41, 5.74) is 0.828. The van der Waals surface area contributed by atoms with Crippen LogP contribution in [-0.2, 0) is 0 Å². The smallest absolute Gasteiger partial charge is 0.373 e. The molecule has 0 atom stereocenters. The first-order valence-electron chi connectivity index (χ1n) is 6.06. The van der Waals surface area contributed by atoms with Crippen LogP contribution in [0.2, 0.25) is 0 Å². The highest BCUT2D eigenvalue weighted by Crippen LogP contribution is 2.30. The highest BCUT2D eigenvalue weighted by molar-refractivity contribution is 5.59. The quantitative estimate of drug-likeness (QED) is 0.897. The van der Waals surface area contributed by atoms with Crippen molar-refractivity contribution in [3.8, 4) is 0 Å². The van der Waals surface area contributed by atoms with Gasteiger partial charge in [-0.1, -0.05) is 13.8 Å². The minimum atomic E-state index is -4.16. The Morgan fingerprint density at radius 1 is 1.32 bits per heavy atom. The molecule has 0 aromatic carbocycles. The predicted molar refractivity (Wildman–Crippen MR) is 69.6 cm³/mol. The van der Waals surface area contributed by atoms with Gasteiger partial charge in [-0.25, -0.2) is 9.97 Å². The first kappa shape index (κ1) is 15.5. The predicted octanol–water partition coefficient (Wildman–Crippen LogP) is 3.03. The highest BCUT2D eigenvalue weighted by atomic mass is 19.4. The maximum atomic E-state index is 12.3. The number of halogens is 3. The largest absolute Gasteiger partial charge is 0.390 e. The molecule has 7 heteroatoms. The van der Waals surface area contributed by atoms with Crippen molar-refractivity contribution in [1.82, 2.24) is 9.97 Å². The van der Waals surface area contributed by atoms with Crippen LogP contribution in [0.1, 0.15) is 31.7 Å². The van der Waals surface area contributed by atoms with Crippen LogP contribution in [0.3, 0.4) is 0 Å².